The van der Waals surface area contributed by atoms with Crippen molar-refractivity contribution in [2.45, 2.75) is 44.9 Å². The number of nitrogens with zero attached hydrogens (tertiary/aromatic N) is 1. The van der Waals surface area contributed by atoms with Gasteiger partial charge in [-0.25, -0.2) is 9.55 Å². The van der Waals surface area contributed by atoms with E-state index in [2.05, 4.69) is 4.98 Å². The Kier molecular flexibility index (Phi) is 5.70. The van der Waals surface area contributed by atoms with Crippen LogP contribution in [0.5, 0.6) is 0 Å². The number of hydrogen-bond donors (Lipinski definition) is 3. The zero-order valence-electron chi connectivity index (χ0n) is 11.6. The van der Waals surface area contributed by atoms with Gasteiger partial charge in [0.05, 0.1) is 12.5 Å². The molecule has 8 heteroatoms. The van der Waals surface area contributed by atoms with Gasteiger partial charge in [0.15, 0.2) is 5.25 Å². The molecule has 2 unspecified atom stereocenters. The van der Waals surface area contributed by atoms with Crippen LogP contribution in [0.25, 0.3) is 0 Å². The number of carboxylic acid groups (broad SMARTS) is 1. The summed E-state index contributed by atoms with van der Waals surface area (Å²) < 4.78 is 33.9. The van der Waals surface area contributed by atoms with Gasteiger partial charge in [-0.05, 0) is 12.8 Å². The highest BCUT2D eigenvalue weighted by molar-refractivity contribution is 7.86. The van der Waals surface area contributed by atoms with Crippen molar-refractivity contribution in [3.05, 3.63) is 18.2 Å². The fraction of sp³-hybridized carbons (Fsp3) is 0.667. The van der Waals surface area contributed by atoms with Crippen LogP contribution in [0.3, 0.4) is 0 Å². The SMILES string of the molecule is CCCC(c1[nH]cc[n+]1CCC(C)C(=O)O)S(=O)(=O)O. The van der Waals surface area contributed by atoms with E-state index >= 15 is 0 Å². The molecule has 7 nitrogen and oxygen atoms in total. The topological polar surface area (TPSA) is 111 Å². The number of H-pyrrole nitrogens is 1. The van der Waals surface area contributed by atoms with Gasteiger partial charge in [-0.15, -0.1) is 0 Å². The molecule has 1 aromatic heterocycles. The average molecular weight is 305 g/mol. The third-order valence-electron chi connectivity index (χ3n) is 3.24. The number of imidazole rings is 1. The largest absolute Gasteiger partial charge is 0.481 e. The zero-order chi connectivity index (χ0) is 15.3. The molecule has 3 N–H and O–H groups in total. The Balaban J connectivity index is 2.91. The lowest BCUT2D eigenvalue weighted by Crippen LogP contribution is -2.40. The molecule has 0 saturated heterocycles. The lowest BCUT2D eigenvalue weighted by atomic mass is 10.1. The van der Waals surface area contributed by atoms with Crippen LogP contribution in [0.1, 0.15) is 44.2 Å². The Morgan fingerprint density at radius 3 is 2.60 bits per heavy atom. The third kappa shape index (κ3) is 4.31. The van der Waals surface area contributed by atoms with Crippen molar-refractivity contribution >= 4 is 16.1 Å². The number of aromatic amines is 1. The van der Waals surface area contributed by atoms with Crippen LogP contribution in [0, 0.1) is 5.92 Å². The second kappa shape index (κ2) is 6.85. The predicted octanol–water partition coefficient (Wildman–Crippen LogP) is 1.14. The molecule has 20 heavy (non-hydrogen) atoms. The van der Waals surface area contributed by atoms with Crippen molar-refractivity contribution in [2.75, 3.05) is 0 Å². The van der Waals surface area contributed by atoms with Crippen molar-refractivity contribution in [1.29, 1.82) is 0 Å². The molecule has 0 spiro atoms. The molecule has 0 aliphatic heterocycles. The van der Waals surface area contributed by atoms with E-state index in [1.54, 1.807) is 23.9 Å². The van der Waals surface area contributed by atoms with Gasteiger partial charge in [0.1, 0.15) is 12.4 Å². The molecule has 0 radical (unpaired) electrons. The van der Waals surface area contributed by atoms with Gasteiger partial charge in [-0.2, -0.15) is 8.42 Å². The van der Waals surface area contributed by atoms with Gasteiger partial charge in [-0.3, -0.25) is 9.35 Å². The average Bonchev–Trinajstić information content (AvgIpc) is 2.79. The first-order valence-electron chi connectivity index (χ1n) is 6.53. The van der Waals surface area contributed by atoms with Crippen LogP contribution in [0.4, 0.5) is 0 Å². The standard InChI is InChI=1S/C12H20N2O5S/c1-3-4-10(20(17,18)19)11-13-6-8-14(11)7-5-9(2)12(15)16/h6,8-10H,3-5,7H2,1-2H3,(H2,15,16,17,18,19)/p+1. The summed E-state index contributed by atoms with van der Waals surface area (Å²) in [4.78, 5) is 13.6. The Morgan fingerprint density at radius 1 is 1.45 bits per heavy atom. The molecule has 0 amide bonds. The van der Waals surface area contributed by atoms with Crippen LogP contribution in [-0.4, -0.2) is 29.0 Å². The molecule has 0 aliphatic rings. The fourth-order valence-corrected chi connectivity index (χ4v) is 3.01. The molecule has 1 heterocycles. The third-order valence-corrected chi connectivity index (χ3v) is 4.41. The van der Waals surface area contributed by atoms with Crippen molar-refractivity contribution in [3.63, 3.8) is 0 Å². The Labute approximate surface area is 118 Å². The van der Waals surface area contributed by atoms with Crippen LogP contribution >= 0.6 is 0 Å². The van der Waals surface area contributed by atoms with Crippen LogP contribution in [0.15, 0.2) is 12.4 Å². The van der Waals surface area contributed by atoms with Crippen LogP contribution in [0.2, 0.25) is 0 Å². The first-order valence-corrected chi connectivity index (χ1v) is 8.03. The van der Waals surface area contributed by atoms with Gasteiger partial charge in [-0.1, -0.05) is 20.3 Å². The lowest BCUT2D eigenvalue weighted by Gasteiger charge is -2.10. The van der Waals surface area contributed by atoms with Gasteiger partial charge in [0.25, 0.3) is 15.9 Å². The summed E-state index contributed by atoms with van der Waals surface area (Å²) in [6, 6.07) is 0. The molecule has 0 fully saturated rings. The molecule has 1 rings (SSSR count). The highest BCUT2D eigenvalue weighted by Gasteiger charge is 2.33. The highest BCUT2D eigenvalue weighted by atomic mass is 32.2. The Morgan fingerprint density at radius 2 is 2.10 bits per heavy atom. The maximum atomic E-state index is 11.4. The number of nitrogens with one attached hydrogen (secondary N) is 1. The first kappa shape index (κ1) is 16.6. The minimum Gasteiger partial charge on any atom is -0.481 e. The smallest absolute Gasteiger partial charge is 0.306 e. The van der Waals surface area contributed by atoms with E-state index in [4.69, 9.17) is 5.11 Å². The van der Waals surface area contributed by atoms with Gasteiger partial charge >= 0.3 is 5.97 Å². The summed E-state index contributed by atoms with van der Waals surface area (Å²) in [5, 5.41) is 7.84. The number of aryl methyl sites for hydroxylation is 1. The minimum atomic E-state index is -4.20. The number of carboxylic acids is 1. The number of hydrogen-bond acceptors (Lipinski definition) is 3. The van der Waals surface area contributed by atoms with Crippen LogP contribution < -0.4 is 4.57 Å². The maximum absolute atomic E-state index is 11.4. The number of aliphatic carboxylic acids is 1. The van der Waals surface area contributed by atoms with Crippen molar-refractivity contribution in [3.8, 4) is 0 Å². The summed E-state index contributed by atoms with van der Waals surface area (Å²) in [5.74, 6) is -1.02. The van der Waals surface area contributed by atoms with Gasteiger partial charge < -0.3 is 5.11 Å². The second-order valence-electron chi connectivity index (χ2n) is 4.86. The summed E-state index contributed by atoms with van der Waals surface area (Å²) in [5.41, 5.74) is 0. The number of rotatable bonds is 8. The summed E-state index contributed by atoms with van der Waals surface area (Å²) in [6.45, 7) is 3.81. The van der Waals surface area contributed by atoms with E-state index in [1.807, 2.05) is 6.92 Å². The normalized spacial score (nSPS) is 14.9. The van der Waals surface area contributed by atoms with E-state index < -0.39 is 27.3 Å². The predicted molar refractivity (Wildman–Crippen MR) is 71.6 cm³/mol. The molecular formula is C12H21N2O5S+. The molecule has 0 saturated carbocycles. The molecule has 0 bridgehead atoms. The Hall–Kier alpha value is -1.41. The van der Waals surface area contributed by atoms with E-state index in [1.165, 1.54) is 0 Å². The fourth-order valence-electron chi connectivity index (χ4n) is 1.99. The molecule has 1 aromatic rings. The first-order chi connectivity index (χ1) is 9.27. The monoisotopic (exact) mass is 305 g/mol. The van der Waals surface area contributed by atoms with Crippen molar-refractivity contribution in [1.82, 2.24) is 4.98 Å². The Bertz CT molecular complexity index is 552. The van der Waals surface area contributed by atoms with Crippen LogP contribution in [-0.2, 0) is 21.5 Å². The van der Waals surface area contributed by atoms with E-state index in [0.29, 0.717) is 31.6 Å². The minimum absolute atomic E-state index is 0.299. The summed E-state index contributed by atoms with van der Waals surface area (Å²) >= 11 is 0. The molecule has 2 atom stereocenters. The van der Waals surface area contributed by atoms with Gasteiger partial charge in [0.2, 0.25) is 0 Å². The molecular weight excluding hydrogens is 284 g/mol. The maximum Gasteiger partial charge on any atom is 0.306 e. The summed E-state index contributed by atoms with van der Waals surface area (Å²) in [6.07, 6.45) is 4.52. The molecule has 0 aliphatic carbocycles. The lowest BCUT2D eigenvalue weighted by molar-refractivity contribution is -0.704. The molecule has 114 valence electrons. The number of carbonyl (C=O) groups is 1. The van der Waals surface area contributed by atoms with Gasteiger partial charge in [0, 0.05) is 0 Å². The van der Waals surface area contributed by atoms with E-state index in [0.717, 1.165) is 0 Å². The van der Waals surface area contributed by atoms with Crippen molar-refractivity contribution < 1.29 is 27.4 Å². The summed E-state index contributed by atoms with van der Waals surface area (Å²) in [7, 11) is -4.20. The zero-order valence-corrected chi connectivity index (χ0v) is 12.4. The van der Waals surface area contributed by atoms with E-state index in [9.17, 15) is 17.8 Å². The van der Waals surface area contributed by atoms with E-state index in [-0.39, 0.29) is 0 Å². The second-order valence-corrected chi connectivity index (χ2v) is 6.46. The van der Waals surface area contributed by atoms with Crippen molar-refractivity contribution in [2.24, 2.45) is 5.92 Å². The molecule has 0 aromatic carbocycles. The number of aromatic nitrogens is 2. The quantitative estimate of drug-likeness (QED) is 0.492. The highest BCUT2D eigenvalue weighted by Crippen LogP contribution is 2.22.